The summed E-state index contributed by atoms with van der Waals surface area (Å²) >= 11 is 0. The van der Waals surface area contributed by atoms with Crippen LogP contribution in [0.4, 0.5) is 11.4 Å². The molecule has 0 atom stereocenters. The van der Waals surface area contributed by atoms with Gasteiger partial charge in [-0.1, -0.05) is 12.1 Å². The zero-order chi connectivity index (χ0) is 14.4. The highest BCUT2D eigenvalue weighted by Crippen LogP contribution is 2.16. The summed E-state index contributed by atoms with van der Waals surface area (Å²) in [5.41, 5.74) is 3.66. The van der Waals surface area contributed by atoms with Gasteiger partial charge in [0.25, 0.3) is 0 Å². The number of amides is 1. The van der Waals surface area contributed by atoms with Crippen LogP contribution in [0.5, 0.6) is 0 Å². The van der Waals surface area contributed by atoms with Gasteiger partial charge in [0.05, 0.1) is 0 Å². The summed E-state index contributed by atoms with van der Waals surface area (Å²) in [7, 11) is 0. The van der Waals surface area contributed by atoms with Gasteiger partial charge in [0.2, 0.25) is 5.91 Å². The van der Waals surface area contributed by atoms with E-state index in [1.54, 1.807) is 12.3 Å². The number of nitrogens with zero attached hydrogens (tertiary/aromatic N) is 1. The van der Waals surface area contributed by atoms with E-state index in [9.17, 15) is 4.79 Å². The van der Waals surface area contributed by atoms with Crippen molar-refractivity contribution in [3.63, 3.8) is 0 Å². The average Bonchev–Trinajstić information content (AvgIpc) is 2.47. The number of aliphatic hydroxyl groups excluding tert-OH is 1. The first-order valence-corrected chi connectivity index (χ1v) is 6.34. The van der Waals surface area contributed by atoms with Crippen LogP contribution < -0.4 is 10.6 Å². The molecule has 0 aliphatic rings. The topological polar surface area (TPSA) is 74.2 Å². The molecule has 0 spiro atoms. The Hall–Kier alpha value is -2.40. The van der Waals surface area contributed by atoms with Gasteiger partial charge >= 0.3 is 0 Å². The Morgan fingerprint density at radius 3 is 2.80 bits per heavy atom. The summed E-state index contributed by atoms with van der Waals surface area (Å²) in [5, 5.41) is 14.6. The third-order valence-corrected chi connectivity index (χ3v) is 2.89. The van der Waals surface area contributed by atoms with Gasteiger partial charge in [0.15, 0.2) is 0 Å². The Morgan fingerprint density at radius 2 is 2.05 bits per heavy atom. The van der Waals surface area contributed by atoms with E-state index >= 15 is 0 Å². The van der Waals surface area contributed by atoms with Crippen LogP contribution in [0.1, 0.15) is 11.3 Å². The number of rotatable bonds is 5. The maximum atomic E-state index is 11.1. The van der Waals surface area contributed by atoms with Gasteiger partial charge in [0, 0.05) is 29.8 Å². The number of hydrogen-bond donors (Lipinski definition) is 3. The molecule has 0 unspecified atom stereocenters. The first-order chi connectivity index (χ1) is 9.69. The van der Waals surface area contributed by atoms with E-state index in [-0.39, 0.29) is 0 Å². The van der Waals surface area contributed by atoms with Crippen molar-refractivity contribution in [2.24, 2.45) is 0 Å². The molecule has 104 valence electrons. The molecule has 3 N–H and O–H groups in total. The van der Waals surface area contributed by atoms with E-state index < -0.39 is 12.5 Å². The minimum absolute atomic E-state index is 0.426. The quantitative estimate of drug-likeness (QED) is 0.777. The molecule has 0 bridgehead atoms. The predicted octanol–water partition coefficient (Wildman–Crippen LogP) is 1.93. The molecule has 1 heterocycles. The predicted molar refractivity (Wildman–Crippen MR) is 78.5 cm³/mol. The molecule has 0 saturated carbocycles. The molecule has 0 fully saturated rings. The summed E-state index contributed by atoms with van der Waals surface area (Å²) in [4.78, 5) is 15.4. The molecule has 0 radical (unpaired) electrons. The third kappa shape index (κ3) is 3.80. The first-order valence-electron chi connectivity index (χ1n) is 6.34. The normalized spacial score (nSPS) is 10.1. The molecular weight excluding hydrogens is 254 g/mol. The van der Waals surface area contributed by atoms with E-state index in [0.717, 1.165) is 16.9 Å². The number of pyridine rings is 1. The van der Waals surface area contributed by atoms with Crippen LogP contribution >= 0.6 is 0 Å². The summed E-state index contributed by atoms with van der Waals surface area (Å²) in [5.74, 6) is -0.426. The highest BCUT2D eigenvalue weighted by Gasteiger charge is 2.02. The Labute approximate surface area is 117 Å². The maximum absolute atomic E-state index is 11.1. The zero-order valence-corrected chi connectivity index (χ0v) is 11.3. The first kappa shape index (κ1) is 14.0. The minimum Gasteiger partial charge on any atom is -0.387 e. The molecule has 0 aliphatic carbocycles. The highest BCUT2D eigenvalue weighted by atomic mass is 16.3. The fourth-order valence-corrected chi connectivity index (χ4v) is 1.81. The molecule has 1 aromatic carbocycles. The van der Waals surface area contributed by atoms with E-state index in [1.807, 2.05) is 37.3 Å². The number of aliphatic hydroxyl groups is 1. The van der Waals surface area contributed by atoms with Crippen molar-refractivity contribution < 1.29 is 9.90 Å². The molecule has 20 heavy (non-hydrogen) atoms. The largest absolute Gasteiger partial charge is 0.387 e. The lowest BCUT2D eigenvalue weighted by molar-refractivity contribution is -0.118. The van der Waals surface area contributed by atoms with Crippen molar-refractivity contribution in [1.29, 1.82) is 0 Å². The van der Waals surface area contributed by atoms with Crippen molar-refractivity contribution in [1.82, 2.24) is 4.98 Å². The highest BCUT2D eigenvalue weighted by molar-refractivity contribution is 5.91. The van der Waals surface area contributed by atoms with Crippen molar-refractivity contribution in [2.45, 2.75) is 13.5 Å². The van der Waals surface area contributed by atoms with Crippen molar-refractivity contribution in [2.75, 3.05) is 17.2 Å². The molecule has 2 rings (SSSR count). The standard InChI is InChI=1S/C15H17N3O2/c1-11-12(4-3-7-16-11)9-17-13-5-2-6-14(8-13)18-15(20)10-19/h2-8,17,19H,9-10H2,1H3,(H,18,20). The monoisotopic (exact) mass is 271 g/mol. The second-order valence-corrected chi connectivity index (χ2v) is 4.39. The summed E-state index contributed by atoms with van der Waals surface area (Å²) in [6.45, 7) is 2.11. The molecule has 5 heteroatoms. The lowest BCUT2D eigenvalue weighted by atomic mass is 10.2. The van der Waals surface area contributed by atoms with E-state index in [0.29, 0.717) is 12.2 Å². The Bertz CT molecular complexity index is 599. The van der Waals surface area contributed by atoms with Gasteiger partial charge in [-0.15, -0.1) is 0 Å². The number of nitrogens with one attached hydrogen (secondary N) is 2. The van der Waals surface area contributed by atoms with Crippen LogP contribution in [0.2, 0.25) is 0 Å². The third-order valence-electron chi connectivity index (χ3n) is 2.89. The summed E-state index contributed by atoms with van der Waals surface area (Å²) in [6, 6.07) is 11.3. The Kier molecular flexibility index (Phi) is 4.68. The number of carbonyl (C=O) groups is 1. The lowest BCUT2D eigenvalue weighted by Gasteiger charge is -2.10. The van der Waals surface area contributed by atoms with Gasteiger partial charge in [-0.2, -0.15) is 0 Å². The van der Waals surface area contributed by atoms with Gasteiger partial charge in [0.1, 0.15) is 6.61 Å². The van der Waals surface area contributed by atoms with Gasteiger partial charge < -0.3 is 15.7 Å². The molecule has 1 amide bonds. The zero-order valence-electron chi connectivity index (χ0n) is 11.3. The van der Waals surface area contributed by atoms with E-state index in [2.05, 4.69) is 15.6 Å². The lowest BCUT2D eigenvalue weighted by Crippen LogP contribution is -2.15. The fraction of sp³-hybridized carbons (Fsp3) is 0.200. The molecular formula is C15H17N3O2. The average molecular weight is 271 g/mol. The molecule has 5 nitrogen and oxygen atoms in total. The second kappa shape index (κ2) is 6.68. The SMILES string of the molecule is Cc1ncccc1CNc1cccc(NC(=O)CO)c1. The molecule has 0 saturated heterocycles. The number of carbonyl (C=O) groups excluding carboxylic acids is 1. The van der Waals surface area contributed by atoms with E-state index in [4.69, 9.17) is 5.11 Å². The van der Waals surface area contributed by atoms with Crippen molar-refractivity contribution >= 4 is 17.3 Å². The van der Waals surface area contributed by atoms with Gasteiger partial charge in [-0.05, 0) is 36.8 Å². The molecule has 2 aromatic rings. The van der Waals surface area contributed by atoms with Gasteiger partial charge in [-0.3, -0.25) is 9.78 Å². The Morgan fingerprint density at radius 1 is 1.25 bits per heavy atom. The summed E-state index contributed by atoms with van der Waals surface area (Å²) in [6.07, 6.45) is 1.77. The number of hydrogen-bond acceptors (Lipinski definition) is 4. The molecule has 1 aromatic heterocycles. The molecule has 0 aliphatic heterocycles. The number of aryl methyl sites for hydroxylation is 1. The van der Waals surface area contributed by atoms with Crippen LogP contribution in [0.25, 0.3) is 0 Å². The number of anilines is 2. The van der Waals surface area contributed by atoms with Crippen LogP contribution in [-0.4, -0.2) is 22.6 Å². The summed E-state index contributed by atoms with van der Waals surface area (Å²) < 4.78 is 0. The fourth-order valence-electron chi connectivity index (χ4n) is 1.81. The number of benzene rings is 1. The van der Waals surface area contributed by atoms with Crippen LogP contribution in [0.3, 0.4) is 0 Å². The smallest absolute Gasteiger partial charge is 0.250 e. The minimum atomic E-state index is -0.521. The van der Waals surface area contributed by atoms with Gasteiger partial charge in [-0.25, -0.2) is 0 Å². The van der Waals surface area contributed by atoms with Crippen LogP contribution in [0, 0.1) is 6.92 Å². The van der Waals surface area contributed by atoms with Crippen LogP contribution in [0.15, 0.2) is 42.6 Å². The van der Waals surface area contributed by atoms with Crippen molar-refractivity contribution in [3.05, 3.63) is 53.9 Å². The number of aromatic nitrogens is 1. The van der Waals surface area contributed by atoms with E-state index in [1.165, 1.54) is 0 Å². The van der Waals surface area contributed by atoms with Crippen molar-refractivity contribution in [3.8, 4) is 0 Å². The second-order valence-electron chi connectivity index (χ2n) is 4.39. The Balaban J connectivity index is 2.01. The van der Waals surface area contributed by atoms with Crippen LogP contribution in [-0.2, 0) is 11.3 Å². The maximum Gasteiger partial charge on any atom is 0.250 e.